The highest BCUT2D eigenvalue weighted by Crippen LogP contribution is 2.42. The Hall–Kier alpha value is -5.36. The highest BCUT2D eigenvalue weighted by molar-refractivity contribution is 6.00. The van der Waals surface area contributed by atoms with Gasteiger partial charge in [0, 0.05) is 53.1 Å². The van der Waals surface area contributed by atoms with E-state index in [0.717, 1.165) is 5.56 Å². The molecule has 0 spiro atoms. The van der Waals surface area contributed by atoms with Crippen molar-refractivity contribution in [2.45, 2.75) is 13.8 Å². The number of ether oxygens (including phenoxy) is 2. The minimum absolute atomic E-state index is 0.0374. The first-order valence-corrected chi connectivity index (χ1v) is 13.4. The standard InChI is InChI=1S/C31H31FN8O3/c1-6-26(41)38-20-7-9-22(25(15-20)42-14-13-39(4)5)28-19(3)27-29(30(33)36-17-35-27)40(28)21-8-10-24(23(32)16-21)43-31-34-12-11-18(2)37-31/h6-12,15-17H,1,13-14H2,2-5H3,(H,38,41)(H2,33,35,36). The summed E-state index contributed by atoms with van der Waals surface area (Å²) in [5.74, 6) is -0.302. The zero-order valence-electron chi connectivity index (χ0n) is 24.3. The molecule has 3 heterocycles. The van der Waals surface area contributed by atoms with Gasteiger partial charge in [0.25, 0.3) is 0 Å². The highest BCUT2D eigenvalue weighted by Gasteiger charge is 2.24. The number of hydrogen-bond donors (Lipinski definition) is 2. The first kappa shape index (κ1) is 29.1. The lowest BCUT2D eigenvalue weighted by molar-refractivity contribution is -0.111. The maximum atomic E-state index is 15.6. The van der Waals surface area contributed by atoms with Crippen molar-refractivity contribution < 1.29 is 18.7 Å². The molecule has 0 aliphatic rings. The SMILES string of the molecule is C=CC(=O)Nc1ccc(-c2c(C)c3ncnc(N)c3n2-c2ccc(Oc3nccc(C)n3)c(F)c2)c(OCCN(C)C)c1. The zero-order valence-corrected chi connectivity index (χ0v) is 24.3. The summed E-state index contributed by atoms with van der Waals surface area (Å²) >= 11 is 0. The lowest BCUT2D eigenvalue weighted by atomic mass is 10.1. The smallest absolute Gasteiger partial charge is 0.322 e. The van der Waals surface area contributed by atoms with Gasteiger partial charge in [-0.25, -0.2) is 24.3 Å². The van der Waals surface area contributed by atoms with E-state index in [-0.39, 0.29) is 23.5 Å². The molecule has 11 nitrogen and oxygen atoms in total. The van der Waals surface area contributed by atoms with E-state index in [9.17, 15) is 4.79 Å². The summed E-state index contributed by atoms with van der Waals surface area (Å²) in [4.78, 5) is 31.0. The van der Waals surface area contributed by atoms with Crippen LogP contribution >= 0.6 is 0 Å². The third-order valence-electron chi connectivity index (χ3n) is 6.64. The van der Waals surface area contributed by atoms with Gasteiger partial charge in [0.05, 0.1) is 11.2 Å². The number of carbonyl (C=O) groups is 1. The fourth-order valence-electron chi connectivity index (χ4n) is 4.59. The van der Waals surface area contributed by atoms with Gasteiger partial charge in [-0.15, -0.1) is 0 Å². The summed E-state index contributed by atoms with van der Waals surface area (Å²) in [6.07, 6.45) is 4.12. The Morgan fingerprint density at radius 2 is 1.93 bits per heavy atom. The predicted molar refractivity (Wildman–Crippen MR) is 163 cm³/mol. The fraction of sp³-hybridized carbons (Fsp3) is 0.194. The van der Waals surface area contributed by atoms with Gasteiger partial charge in [-0.2, -0.15) is 0 Å². The van der Waals surface area contributed by atoms with Crippen LogP contribution in [0.4, 0.5) is 15.9 Å². The molecule has 0 aliphatic carbocycles. The first-order valence-electron chi connectivity index (χ1n) is 13.4. The molecule has 3 aromatic heterocycles. The summed E-state index contributed by atoms with van der Waals surface area (Å²) in [7, 11) is 3.89. The first-order chi connectivity index (χ1) is 20.7. The number of rotatable bonds is 10. The van der Waals surface area contributed by atoms with E-state index < -0.39 is 5.82 Å². The van der Waals surface area contributed by atoms with Crippen molar-refractivity contribution in [3.8, 4) is 34.5 Å². The summed E-state index contributed by atoms with van der Waals surface area (Å²) in [5.41, 5.74) is 11.3. The Bertz CT molecular complexity index is 1840. The number of nitrogen functional groups attached to an aromatic ring is 1. The highest BCUT2D eigenvalue weighted by atomic mass is 19.1. The van der Waals surface area contributed by atoms with E-state index in [1.807, 2.05) is 32.0 Å². The monoisotopic (exact) mass is 582 g/mol. The number of likely N-dealkylation sites (N-methyl/N-ethyl adjacent to an activating group) is 1. The van der Waals surface area contributed by atoms with Crippen LogP contribution in [-0.4, -0.2) is 62.6 Å². The van der Waals surface area contributed by atoms with Crippen LogP contribution in [0.3, 0.4) is 0 Å². The van der Waals surface area contributed by atoms with Gasteiger partial charge in [0.2, 0.25) is 5.91 Å². The second kappa shape index (κ2) is 12.2. The van der Waals surface area contributed by atoms with Crippen molar-refractivity contribution in [2.24, 2.45) is 0 Å². The second-order valence-electron chi connectivity index (χ2n) is 10.0. The zero-order chi connectivity index (χ0) is 30.7. The summed E-state index contributed by atoms with van der Waals surface area (Å²) in [5, 5.41) is 2.77. The molecule has 0 fully saturated rings. The van der Waals surface area contributed by atoms with Crippen LogP contribution in [0, 0.1) is 19.7 Å². The average Bonchev–Trinajstić information content (AvgIpc) is 3.27. The minimum atomic E-state index is -0.631. The molecule has 12 heteroatoms. The molecule has 5 rings (SSSR count). The molecule has 5 aromatic rings. The molecular formula is C31H31FN8O3. The van der Waals surface area contributed by atoms with Crippen LogP contribution in [0.1, 0.15) is 11.3 Å². The van der Waals surface area contributed by atoms with Crippen molar-refractivity contribution in [1.29, 1.82) is 0 Å². The number of anilines is 2. The second-order valence-corrected chi connectivity index (χ2v) is 10.0. The van der Waals surface area contributed by atoms with Gasteiger partial charge in [0.15, 0.2) is 17.4 Å². The maximum absolute atomic E-state index is 15.6. The van der Waals surface area contributed by atoms with Crippen LogP contribution in [0.15, 0.2) is 67.6 Å². The minimum Gasteiger partial charge on any atom is -0.491 e. The number of nitrogens with zero attached hydrogens (tertiary/aromatic N) is 6. The average molecular weight is 583 g/mol. The number of hydrogen-bond acceptors (Lipinski definition) is 9. The van der Waals surface area contributed by atoms with Gasteiger partial charge < -0.3 is 30.0 Å². The molecule has 220 valence electrons. The summed E-state index contributed by atoms with van der Waals surface area (Å²) in [6, 6.07) is 11.6. The van der Waals surface area contributed by atoms with E-state index >= 15 is 4.39 Å². The Kier molecular flexibility index (Phi) is 8.30. The van der Waals surface area contributed by atoms with Gasteiger partial charge in [-0.1, -0.05) is 6.58 Å². The Morgan fingerprint density at radius 1 is 1.12 bits per heavy atom. The molecule has 0 bridgehead atoms. The molecule has 0 aliphatic heterocycles. The van der Waals surface area contributed by atoms with Crippen molar-refractivity contribution >= 4 is 28.4 Å². The van der Waals surface area contributed by atoms with Crippen LogP contribution in [0.25, 0.3) is 28.0 Å². The molecule has 43 heavy (non-hydrogen) atoms. The molecule has 3 N–H and O–H groups in total. The quantitative estimate of drug-likeness (QED) is 0.216. The van der Waals surface area contributed by atoms with E-state index in [4.69, 9.17) is 15.2 Å². The van der Waals surface area contributed by atoms with E-state index in [1.54, 1.807) is 42.0 Å². The molecule has 0 atom stereocenters. The predicted octanol–water partition coefficient (Wildman–Crippen LogP) is 5.07. The lowest BCUT2D eigenvalue weighted by Gasteiger charge is -2.18. The van der Waals surface area contributed by atoms with Crippen molar-refractivity contribution in [3.63, 3.8) is 0 Å². The number of aromatic nitrogens is 5. The molecule has 2 aromatic carbocycles. The van der Waals surface area contributed by atoms with Crippen LogP contribution in [0.2, 0.25) is 0 Å². The lowest BCUT2D eigenvalue weighted by Crippen LogP contribution is -2.19. The summed E-state index contributed by atoms with van der Waals surface area (Å²) in [6.45, 7) is 8.24. The van der Waals surface area contributed by atoms with Crippen molar-refractivity contribution in [2.75, 3.05) is 38.3 Å². The number of benzene rings is 2. The maximum Gasteiger partial charge on any atom is 0.322 e. The number of nitrogens with one attached hydrogen (secondary N) is 1. The number of fused-ring (bicyclic) bond motifs is 1. The molecule has 0 saturated carbocycles. The fourth-order valence-corrected chi connectivity index (χ4v) is 4.59. The molecular weight excluding hydrogens is 551 g/mol. The number of nitrogens with two attached hydrogens (primary N) is 1. The van der Waals surface area contributed by atoms with Crippen LogP contribution < -0.4 is 20.5 Å². The molecule has 0 saturated heterocycles. The Balaban J connectivity index is 1.68. The number of aryl methyl sites for hydroxylation is 2. The Labute approximate surface area is 247 Å². The van der Waals surface area contributed by atoms with Gasteiger partial charge in [-0.3, -0.25) is 4.79 Å². The van der Waals surface area contributed by atoms with Gasteiger partial charge >= 0.3 is 6.01 Å². The van der Waals surface area contributed by atoms with Crippen LogP contribution in [-0.2, 0) is 4.79 Å². The molecule has 0 unspecified atom stereocenters. The third-order valence-corrected chi connectivity index (χ3v) is 6.64. The van der Waals surface area contributed by atoms with Crippen molar-refractivity contribution in [1.82, 2.24) is 29.4 Å². The molecule has 0 radical (unpaired) electrons. The van der Waals surface area contributed by atoms with Gasteiger partial charge in [-0.05, 0) is 64.4 Å². The number of halogens is 1. The molecule has 1 amide bonds. The largest absolute Gasteiger partial charge is 0.491 e. The van der Waals surface area contributed by atoms with Crippen molar-refractivity contribution in [3.05, 3.63) is 84.7 Å². The topological polar surface area (TPSA) is 133 Å². The van der Waals surface area contributed by atoms with Crippen LogP contribution in [0.5, 0.6) is 17.5 Å². The van der Waals surface area contributed by atoms with E-state index in [2.05, 4.69) is 31.8 Å². The summed E-state index contributed by atoms with van der Waals surface area (Å²) < 4.78 is 29.2. The van der Waals surface area contributed by atoms with E-state index in [1.165, 1.54) is 24.5 Å². The Morgan fingerprint density at radius 3 is 2.65 bits per heavy atom. The van der Waals surface area contributed by atoms with E-state index in [0.29, 0.717) is 58.3 Å². The normalized spacial score (nSPS) is 11.1. The number of amides is 1. The third kappa shape index (κ3) is 6.14. The van der Waals surface area contributed by atoms with Gasteiger partial charge in [0.1, 0.15) is 24.2 Å². The number of carbonyl (C=O) groups excluding carboxylic acids is 1.